The van der Waals surface area contributed by atoms with Crippen LogP contribution in [0.4, 0.5) is 0 Å². The molecule has 0 unspecified atom stereocenters. The molecule has 0 aliphatic heterocycles. The number of benzene rings is 1. The molecule has 0 bridgehead atoms. The van der Waals surface area contributed by atoms with Crippen LogP contribution in [0.25, 0.3) is 0 Å². The van der Waals surface area contributed by atoms with Crippen molar-refractivity contribution in [3.05, 3.63) is 35.4 Å². The molecule has 1 rings (SSSR count). The predicted octanol–water partition coefficient (Wildman–Crippen LogP) is 2.81. The van der Waals surface area contributed by atoms with Gasteiger partial charge in [0, 0.05) is 5.48 Å². The molecule has 0 N–H and O–H groups in total. The Bertz CT molecular complexity index is 290. The molecule has 1 aromatic rings. The maximum atomic E-state index is 7.52. The summed E-state index contributed by atoms with van der Waals surface area (Å²) in [6.07, 6.45) is -2.83. The van der Waals surface area contributed by atoms with Crippen LogP contribution in [0.15, 0.2) is 24.3 Å². The van der Waals surface area contributed by atoms with Crippen molar-refractivity contribution in [3.63, 3.8) is 0 Å². The third-order valence-corrected chi connectivity index (χ3v) is 1.44. The van der Waals surface area contributed by atoms with Crippen molar-refractivity contribution in [1.82, 2.24) is 0 Å². The fraction of sp³-hybridized carbons (Fsp3) is 0.400. The Morgan fingerprint density at radius 3 is 2.10 bits per heavy atom. The number of aryl methyl sites for hydroxylation is 2. The molecule has 0 radical (unpaired) electrons. The summed E-state index contributed by atoms with van der Waals surface area (Å²) in [6, 6.07) is 6.62. The van der Waals surface area contributed by atoms with Crippen molar-refractivity contribution in [2.45, 2.75) is 26.6 Å². The van der Waals surface area contributed by atoms with E-state index in [9.17, 15) is 0 Å². The van der Waals surface area contributed by atoms with Gasteiger partial charge in [-0.25, -0.2) is 0 Å². The van der Waals surface area contributed by atoms with E-state index in [4.69, 9.17) is 5.48 Å². The topological polar surface area (TPSA) is 0 Å². The molecule has 0 aliphatic carbocycles. The summed E-state index contributed by atoms with van der Waals surface area (Å²) >= 11 is 0. The van der Waals surface area contributed by atoms with E-state index in [2.05, 4.69) is 0 Å². The summed E-state index contributed by atoms with van der Waals surface area (Å²) in [7, 11) is 0. The van der Waals surface area contributed by atoms with Gasteiger partial charge in [-0.15, -0.1) is 0 Å². The first-order chi connectivity index (χ1) is 6.21. The van der Waals surface area contributed by atoms with E-state index < -0.39 is 12.7 Å². The van der Waals surface area contributed by atoms with Gasteiger partial charge in [-0.3, -0.25) is 0 Å². The van der Waals surface area contributed by atoms with Crippen LogP contribution in [0, 0.1) is 0 Å². The van der Waals surface area contributed by atoms with Crippen LogP contribution in [-0.4, -0.2) is 0 Å². The molecule has 54 valence electrons. The highest BCUT2D eigenvalue weighted by Crippen LogP contribution is 2.05. The fourth-order valence-corrected chi connectivity index (χ4v) is 0.830. The predicted molar refractivity (Wildman–Crippen MR) is 45.2 cm³/mol. The molecule has 10 heavy (non-hydrogen) atoms. The molecule has 0 amide bonds. The maximum absolute atomic E-state index is 7.52. The van der Waals surface area contributed by atoms with Crippen LogP contribution in [0.1, 0.15) is 30.5 Å². The minimum absolute atomic E-state index is 0.515. The van der Waals surface area contributed by atoms with Gasteiger partial charge in [0.1, 0.15) is 0 Å². The Morgan fingerprint density at radius 2 is 1.70 bits per heavy atom. The zero-order chi connectivity index (χ0) is 11.0. The van der Waals surface area contributed by atoms with E-state index >= 15 is 0 Å². The average molecular weight is 138 g/mol. The third kappa shape index (κ3) is 1.60. The van der Waals surface area contributed by atoms with Crippen molar-refractivity contribution in [1.29, 1.82) is 0 Å². The molecule has 1 aromatic carbocycles. The van der Waals surface area contributed by atoms with Crippen LogP contribution >= 0.6 is 0 Å². The average Bonchev–Trinajstić information content (AvgIpc) is 2.01. The second-order valence-corrected chi connectivity index (χ2v) is 2.08. The van der Waals surface area contributed by atoms with E-state index in [0.717, 1.165) is 0 Å². The van der Waals surface area contributed by atoms with E-state index in [1.54, 1.807) is 24.3 Å². The standard InChI is InChI=1S/C10H14/c1-3-9-6-5-7-10(4-2)8-9/h5-8H,3-4H2,1-2H3/i3D2,4D2. The Labute approximate surface area is 68.5 Å². The van der Waals surface area contributed by atoms with Crippen molar-refractivity contribution >= 4 is 0 Å². The first-order valence-electron chi connectivity index (χ1n) is 5.32. The summed E-state index contributed by atoms with van der Waals surface area (Å²) in [5.74, 6) is 0. The minimum Gasteiger partial charge on any atom is -0.0617 e. The highest BCUT2D eigenvalue weighted by atomic mass is 13.9. The number of hydrogen-bond donors (Lipinski definition) is 0. The van der Waals surface area contributed by atoms with Crippen molar-refractivity contribution in [2.75, 3.05) is 0 Å². The zero-order valence-electron chi connectivity index (χ0n) is 10.3. The van der Waals surface area contributed by atoms with Crippen molar-refractivity contribution in [2.24, 2.45) is 0 Å². The van der Waals surface area contributed by atoms with Gasteiger partial charge in [-0.2, -0.15) is 0 Å². The van der Waals surface area contributed by atoms with Crippen LogP contribution in [-0.2, 0) is 12.7 Å². The molecule has 0 heteroatoms. The van der Waals surface area contributed by atoms with E-state index in [1.165, 1.54) is 13.8 Å². The molecule has 0 fully saturated rings. The van der Waals surface area contributed by atoms with Crippen LogP contribution < -0.4 is 0 Å². The molecule has 0 heterocycles. The van der Waals surface area contributed by atoms with Crippen LogP contribution in [0.3, 0.4) is 0 Å². The van der Waals surface area contributed by atoms with Crippen molar-refractivity contribution in [3.8, 4) is 0 Å². The fourth-order valence-electron chi connectivity index (χ4n) is 0.830. The summed E-state index contributed by atoms with van der Waals surface area (Å²) in [5.41, 5.74) is 1.03. The number of hydrogen-bond acceptors (Lipinski definition) is 0. The monoisotopic (exact) mass is 138 g/mol. The highest BCUT2D eigenvalue weighted by molar-refractivity contribution is 5.23. The minimum atomic E-state index is -1.42. The van der Waals surface area contributed by atoms with Gasteiger partial charge in [0.15, 0.2) is 0 Å². The van der Waals surface area contributed by atoms with E-state index in [-0.39, 0.29) is 0 Å². The molecule has 0 aliphatic rings. The lowest BCUT2D eigenvalue weighted by Crippen LogP contribution is -1.83. The lowest BCUT2D eigenvalue weighted by molar-refractivity contribution is 1.09. The second kappa shape index (κ2) is 3.40. The third-order valence-electron chi connectivity index (χ3n) is 1.44. The first-order valence-corrected chi connectivity index (χ1v) is 3.32. The van der Waals surface area contributed by atoms with Gasteiger partial charge in [-0.05, 0) is 23.9 Å². The molecule has 0 spiro atoms. The lowest BCUT2D eigenvalue weighted by atomic mass is 10.1. The highest BCUT2D eigenvalue weighted by Gasteiger charge is 1.89. The summed E-state index contributed by atoms with van der Waals surface area (Å²) < 4.78 is 30.1. The number of rotatable bonds is 2. The van der Waals surface area contributed by atoms with E-state index in [1.807, 2.05) is 0 Å². The van der Waals surface area contributed by atoms with Gasteiger partial charge < -0.3 is 0 Å². The van der Waals surface area contributed by atoms with Crippen molar-refractivity contribution < 1.29 is 5.48 Å². The second-order valence-electron chi connectivity index (χ2n) is 2.08. The molecule has 0 aromatic heterocycles. The first kappa shape index (κ1) is 3.56. The van der Waals surface area contributed by atoms with Gasteiger partial charge in [0.25, 0.3) is 0 Å². The Balaban J connectivity index is 3.15. The summed E-state index contributed by atoms with van der Waals surface area (Å²) in [4.78, 5) is 0. The van der Waals surface area contributed by atoms with Gasteiger partial charge in [0.2, 0.25) is 0 Å². The smallest absolute Gasteiger partial charge is 0.0313 e. The molecular formula is C10H14. The molecule has 0 nitrogen and oxygen atoms in total. The van der Waals surface area contributed by atoms with E-state index in [0.29, 0.717) is 11.1 Å². The molecule has 0 saturated carbocycles. The SMILES string of the molecule is [2H]C([2H])(C)c1cccc(C([2H])([2H])C)c1. The largest absolute Gasteiger partial charge is 0.0617 e. The van der Waals surface area contributed by atoms with Gasteiger partial charge in [0.05, 0.1) is 0 Å². The Morgan fingerprint density at radius 1 is 1.20 bits per heavy atom. The Kier molecular flexibility index (Phi) is 1.21. The summed E-state index contributed by atoms with van der Waals surface area (Å²) in [6.45, 7) is 2.94. The van der Waals surface area contributed by atoms with Crippen LogP contribution in [0.2, 0.25) is 0 Å². The molecule has 0 saturated heterocycles. The molecular weight excluding hydrogens is 120 g/mol. The Hall–Kier alpha value is -0.780. The maximum Gasteiger partial charge on any atom is 0.0313 e. The normalized spacial score (nSPS) is 18.6. The molecule has 0 atom stereocenters. The van der Waals surface area contributed by atoms with Crippen LogP contribution in [0.5, 0.6) is 0 Å². The zero-order valence-corrected chi connectivity index (χ0v) is 6.31. The quantitative estimate of drug-likeness (QED) is 0.589. The van der Waals surface area contributed by atoms with Gasteiger partial charge in [-0.1, -0.05) is 38.1 Å². The van der Waals surface area contributed by atoms with Gasteiger partial charge >= 0.3 is 0 Å². The lowest BCUT2D eigenvalue weighted by Gasteiger charge is -1.98. The summed E-state index contributed by atoms with van der Waals surface area (Å²) in [5, 5.41) is 0.